The van der Waals surface area contributed by atoms with Gasteiger partial charge in [0, 0.05) is 25.5 Å². The van der Waals surface area contributed by atoms with Crippen LogP contribution in [0.5, 0.6) is 0 Å². The summed E-state index contributed by atoms with van der Waals surface area (Å²) < 4.78 is 0. The number of carbonyl (C=O) groups is 4. The second-order valence-corrected chi connectivity index (χ2v) is 7.52. The number of anilines is 2. The second kappa shape index (κ2) is 9.04. The monoisotopic (exact) mass is 401 g/mol. The molecule has 0 radical (unpaired) electrons. The molecule has 0 aliphatic carbocycles. The van der Waals surface area contributed by atoms with E-state index in [9.17, 15) is 19.2 Å². The molecule has 2 heterocycles. The van der Waals surface area contributed by atoms with Gasteiger partial charge in [-0.1, -0.05) is 6.42 Å². The zero-order valence-corrected chi connectivity index (χ0v) is 16.8. The number of urea groups is 1. The number of carbonyl (C=O) groups excluding carboxylic acids is 4. The Balaban J connectivity index is 1.48. The van der Waals surface area contributed by atoms with Gasteiger partial charge in [0.1, 0.15) is 6.04 Å². The molecule has 0 saturated carbocycles. The SMILES string of the molecule is CN1C(=O)C(CC(=O)Nc2ccc(NC(=O)CN3CCCCC3)cc2)N(C)C1=O. The van der Waals surface area contributed by atoms with Crippen LogP contribution in [0.15, 0.2) is 24.3 Å². The predicted molar refractivity (Wildman–Crippen MR) is 108 cm³/mol. The Bertz CT molecular complexity index is 789. The summed E-state index contributed by atoms with van der Waals surface area (Å²) in [4.78, 5) is 52.7. The summed E-state index contributed by atoms with van der Waals surface area (Å²) in [6.45, 7) is 2.30. The molecule has 2 aliphatic heterocycles. The number of hydrogen-bond donors (Lipinski definition) is 2. The van der Waals surface area contributed by atoms with E-state index in [2.05, 4.69) is 15.5 Å². The van der Waals surface area contributed by atoms with Crippen molar-refractivity contribution in [1.29, 1.82) is 0 Å². The summed E-state index contributed by atoms with van der Waals surface area (Å²) >= 11 is 0. The second-order valence-electron chi connectivity index (χ2n) is 7.52. The molecule has 1 atom stereocenters. The minimum absolute atomic E-state index is 0.0553. The van der Waals surface area contributed by atoms with Gasteiger partial charge in [0.05, 0.1) is 13.0 Å². The fourth-order valence-corrected chi connectivity index (χ4v) is 3.62. The highest BCUT2D eigenvalue weighted by Gasteiger charge is 2.41. The first-order valence-corrected chi connectivity index (χ1v) is 9.81. The third kappa shape index (κ3) is 5.11. The molecule has 0 aromatic heterocycles. The Morgan fingerprint density at radius 2 is 1.48 bits per heavy atom. The number of amides is 5. The van der Waals surface area contributed by atoms with E-state index in [1.165, 1.54) is 25.4 Å². The lowest BCUT2D eigenvalue weighted by Gasteiger charge is -2.25. The van der Waals surface area contributed by atoms with E-state index in [0.29, 0.717) is 17.9 Å². The van der Waals surface area contributed by atoms with Crippen LogP contribution in [0.1, 0.15) is 25.7 Å². The highest BCUT2D eigenvalue weighted by atomic mass is 16.2. The minimum atomic E-state index is -0.791. The first-order valence-electron chi connectivity index (χ1n) is 9.81. The Morgan fingerprint density at radius 1 is 0.931 bits per heavy atom. The number of likely N-dealkylation sites (N-methyl/N-ethyl adjacent to an activating group) is 2. The van der Waals surface area contributed by atoms with Crippen LogP contribution in [0.4, 0.5) is 16.2 Å². The summed E-state index contributed by atoms with van der Waals surface area (Å²) in [5, 5.41) is 5.58. The van der Waals surface area contributed by atoms with E-state index in [4.69, 9.17) is 0 Å². The topological polar surface area (TPSA) is 102 Å². The van der Waals surface area contributed by atoms with Crippen LogP contribution in [0.25, 0.3) is 0 Å². The molecule has 5 amide bonds. The van der Waals surface area contributed by atoms with Crippen molar-refractivity contribution in [2.75, 3.05) is 44.4 Å². The molecule has 9 nitrogen and oxygen atoms in total. The van der Waals surface area contributed by atoms with Crippen molar-refractivity contribution in [3.05, 3.63) is 24.3 Å². The lowest BCUT2D eigenvalue weighted by Crippen LogP contribution is -2.36. The number of imide groups is 1. The predicted octanol–water partition coefficient (Wildman–Crippen LogP) is 1.33. The first kappa shape index (κ1) is 20.8. The first-order chi connectivity index (χ1) is 13.8. The molecular weight excluding hydrogens is 374 g/mol. The molecule has 0 spiro atoms. The van der Waals surface area contributed by atoms with Crippen LogP contribution in [0.3, 0.4) is 0 Å². The van der Waals surface area contributed by atoms with Crippen molar-refractivity contribution in [2.24, 2.45) is 0 Å². The molecule has 3 rings (SSSR count). The van der Waals surface area contributed by atoms with Crippen LogP contribution in [-0.2, 0) is 14.4 Å². The van der Waals surface area contributed by atoms with Gasteiger partial charge in [-0.25, -0.2) is 4.79 Å². The molecule has 1 aromatic carbocycles. The van der Waals surface area contributed by atoms with Crippen LogP contribution >= 0.6 is 0 Å². The number of nitrogens with one attached hydrogen (secondary N) is 2. The fourth-order valence-electron chi connectivity index (χ4n) is 3.62. The molecular formula is C20H27N5O4. The van der Waals surface area contributed by atoms with Gasteiger partial charge in [0.25, 0.3) is 5.91 Å². The van der Waals surface area contributed by atoms with Crippen LogP contribution in [0, 0.1) is 0 Å². The van der Waals surface area contributed by atoms with Crippen molar-refractivity contribution >= 4 is 35.1 Å². The van der Waals surface area contributed by atoms with E-state index in [0.717, 1.165) is 30.8 Å². The summed E-state index contributed by atoms with van der Waals surface area (Å²) in [5.41, 5.74) is 1.21. The Kier molecular flexibility index (Phi) is 6.48. The molecule has 1 unspecified atom stereocenters. The minimum Gasteiger partial charge on any atom is -0.326 e. The van der Waals surface area contributed by atoms with Gasteiger partial charge in [-0.15, -0.1) is 0 Å². The largest absolute Gasteiger partial charge is 0.326 e. The van der Waals surface area contributed by atoms with Gasteiger partial charge in [0.15, 0.2) is 0 Å². The van der Waals surface area contributed by atoms with Crippen molar-refractivity contribution in [1.82, 2.24) is 14.7 Å². The molecule has 1 aromatic rings. The highest BCUT2D eigenvalue weighted by molar-refractivity contribution is 6.06. The molecule has 0 bridgehead atoms. The van der Waals surface area contributed by atoms with Gasteiger partial charge in [-0.2, -0.15) is 0 Å². The third-order valence-corrected chi connectivity index (χ3v) is 5.32. The normalized spacial score (nSPS) is 20.1. The van der Waals surface area contributed by atoms with E-state index < -0.39 is 12.1 Å². The number of benzene rings is 1. The fraction of sp³-hybridized carbons (Fsp3) is 0.500. The molecule has 9 heteroatoms. The standard InChI is InChI=1S/C20H27N5O4/c1-23-16(19(28)24(2)20(23)29)12-17(26)21-14-6-8-15(9-7-14)22-18(27)13-25-10-4-3-5-11-25/h6-9,16H,3-5,10-13H2,1-2H3,(H,21,26)(H,22,27). The molecule has 2 fully saturated rings. The summed E-state index contributed by atoms with van der Waals surface area (Å²) in [5.74, 6) is -0.806. The van der Waals surface area contributed by atoms with Crippen LogP contribution in [0.2, 0.25) is 0 Å². The summed E-state index contributed by atoms with van der Waals surface area (Å²) in [7, 11) is 2.90. The number of rotatable bonds is 6. The van der Waals surface area contributed by atoms with Crippen molar-refractivity contribution in [2.45, 2.75) is 31.7 Å². The maximum atomic E-state index is 12.3. The summed E-state index contributed by atoms with van der Waals surface area (Å²) in [6.07, 6.45) is 3.38. The number of likely N-dealkylation sites (tertiary alicyclic amines) is 1. The maximum Gasteiger partial charge on any atom is 0.326 e. The lowest BCUT2D eigenvalue weighted by molar-refractivity contribution is -0.129. The summed E-state index contributed by atoms with van der Waals surface area (Å²) in [6, 6.07) is 5.60. The Labute approximate surface area is 170 Å². The molecule has 156 valence electrons. The van der Waals surface area contributed by atoms with Gasteiger partial charge >= 0.3 is 6.03 Å². The Morgan fingerprint density at radius 3 is 2.00 bits per heavy atom. The zero-order chi connectivity index (χ0) is 21.0. The van der Waals surface area contributed by atoms with Gasteiger partial charge in [-0.05, 0) is 50.2 Å². The van der Waals surface area contributed by atoms with Crippen LogP contribution in [-0.4, -0.2) is 78.2 Å². The van der Waals surface area contributed by atoms with Crippen LogP contribution < -0.4 is 10.6 Å². The number of nitrogens with zero attached hydrogens (tertiary/aromatic N) is 3. The smallest absolute Gasteiger partial charge is 0.326 e. The highest BCUT2D eigenvalue weighted by Crippen LogP contribution is 2.19. The molecule has 2 saturated heterocycles. The lowest BCUT2D eigenvalue weighted by atomic mass is 10.1. The van der Waals surface area contributed by atoms with Crippen molar-refractivity contribution in [3.63, 3.8) is 0 Å². The zero-order valence-electron chi connectivity index (χ0n) is 16.8. The average Bonchev–Trinajstić information content (AvgIpc) is 2.88. The van der Waals surface area contributed by atoms with E-state index >= 15 is 0 Å². The van der Waals surface area contributed by atoms with Gasteiger partial charge in [-0.3, -0.25) is 24.2 Å². The van der Waals surface area contributed by atoms with Crippen molar-refractivity contribution in [3.8, 4) is 0 Å². The van der Waals surface area contributed by atoms with Crippen molar-refractivity contribution < 1.29 is 19.2 Å². The number of piperidine rings is 1. The van der Waals surface area contributed by atoms with E-state index in [1.807, 2.05) is 0 Å². The van der Waals surface area contributed by atoms with E-state index in [1.54, 1.807) is 24.3 Å². The van der Waals surface area contributed by atoms with Gasteiger partial charge in [0.2, 0.25) is 11.8 Å². The quantitative estimate of drug-likeness (QED) is 0.701. The Hall–Kier alpha value is -2.94. The van der Waals surface area contributed by atoms with E-state index in [-0.39, 0.29) is 24.1 Å². The number of hydrogen-bond acceptors (Lipinski definition) is 5. The average molecular weight is 401 g/mol. The molecule has 29 heavy (non-hydrogen) atoms. The maximum absolute atomic E-state index is 12.3. The van der Waals surface area contributed by atoms with Gasteiger partial charge < -0.3 is 15.5 Å². The molecule has 2 aliphatic rings. The third-order valence-electron chi connectivity index (χ3n) is 5.32. The molecule has 2 N–H and O–H groups in total.